The highest BCUT2D eigenvalue weighted by atomic mass is 16.2. The molecule has 3 nitrogen and oxygen atoms in total. The summed E-state index contributed by atoms with van der Waals surface area (Å²) in [6.45, 7) is 6.85. The maximum atomic E-state index is 12.7. The second-order valence-corrected chi connectivity index (χ2v) is 5.14. The van der Waals surface area contributed by atoms with Crippen LogP contribution in [0.3, 0.4) is 0 Å². The summed E-state index contributed by atoms with van der Waals surface area (Å²) in [4.78, 5) is 14.6. The fraction of sp³-hybridized carbons (Fsp3) is 0.353. The van der Waals surface area contributed by atoms with Gasteiger partial charge in [0.2, 0.25) is 0 Å². The number of carbonyl (C=O) groups is 1. The third-order valence-electron chi connectivity index (χ3n) is 3.87. The number of nitrogens with zero attached hydrogens (tertiary/aromatic N) is 1. The summed E-state index contributed by atoms with van der Waals surface area (Å²) in [6.07, 6.45) is 0.938. The van der Waals surface area contributed by atoms with Gasteiger partial charge in [-0.15, -0.1) is 0 Å². The molecular weight excluding hydrogens is 248 g/mol. The van der Waals surface area contributed by atoms with Gasteiger partial charge in [0.25, 0.3) is 5.91 Å². The second-order valence-electron chi connectivity index (χ2n) is 5.14. The first-order chi connectivity index (χ1) is 9.58. The molecule has 2 aromatic carbocycles. The van der Waals surface area contributed by atoms with E-state index in [2.05, 4.69) is 13.8 Å². The van der Waals surface area contributed by atoms with Crippen LogP contribution >= 0.6 is 0 Å². The fourth-order valence-electron chi connectivity index (χ4n) is 2.47. The lowest BCUT2D eigenvalue weighted by molar-refractivity contribution is 0.0701. The number of nitrogens with two attached hydrogens (primary N) is 1. The maximum absolute atomic E-state index is 12.7. The molecule has 0 radical (unpaired) electrons. The van der Waals surface area contributed by atoms with Crippen LogP contribution in [0.25, 0.3) is 10.8 Å². The Morgan fingerprint density at radius 2 is 1.80 bits per heavy atom. The molecule has 0 aliphatic carbocycles. The van der Waals surface area contributed by atoms with Gasteiger partial charge < -0.3 is 10.6 Å². The number of nitrogen functional groups attached to an aromatic ring is 1. The summed E-state index contributed by atoms with van der Waals surface area (Å²) in [5.74, 6) is 0.0186. The van der Waals surface area contributed by atoms with Crippen molar-refractivity contribution >= 4 is 22.4 Å². The molecule has 0 fully saturated rings. The Hall–Kier alpha value is -2.03. The second kappa shape index (κ2) is 5.95. The lowest BCUT2D eigenvalue weighted by Crippen LogP contribution is -2.38. The Morgan fingerprint density at radius 3 is 2.35 bits per heavy atom. The minimum Gasteiger partial charge on any atom is -0.398 e. The maximum Gasteiger partial charge on any atom is 0.256 e. The SMILES string of the molecule is CCC(C)N(CC)C(=O)c1cc2ccccc2cc1N. The van der Waals surface area contributed by atoms with Gasteiger partial charge >= 0.3 is 0 Å². The van der Waals surface area contributed by atoms with Gasteiger partial charge in [-0.1, -0.05) is 31.2 Å². The van der Waals surface area contributed by atoms with E-state index in [-0.39, 0.29) is 11.9 Å². The van der Waals surface area contributed by atoms with E-state index in [1.807, 2.05) is 48.2 Å². The van der Waals surface area contributed by atoms with Crippen LogP contribution in [0.1, 0.15) is 37.6 Å². The lowest BCUT2D eigenvalue weighted by Gasteiger charge is -2.28. The third-order valence-corrected chi connectivity index (χ3v) is 3.87. The van der Waals surface area contributed by atoms with Crippen molar-refractivity contribution in [2.75, 3.05) is 12.3 Å². The molecule has 3 heteroatoms. The predicted molar refractivity (Wildman–Crippen MR) is 84.8 cm³/mol. The molecule has 0 saturated carbocycles. The van der Waals surface area contributed by atoms with E-state index in [1.165, 1.54) is 0 Å². The molecule has 0 spiro atoms. The number of hydrogen-bond acceptors (Lipinski definition) is 2. The first-order valence-corrected chi connectivity index (χ1v) is 7.17. The van der Waals surface area contributed by atoms with Gasteiger partial charge in [-0.2, -0.15) is 0 Å². The largest absolute Gasteiger partial charge is 0.398 e. The average Bonchev–Trinajstić information content (AvgIpc) is 2.46. The van der Waals surface area contributed by atoms with Crippen LogP contribution in [0, 0.1) is 0 Å². The molecule has 2 aromatic rings. The van der Waals surface area contributed by atoms with Crippen LogP contribution < -0.4 is 5.73 Å². The van der Waals surface area contributed by atoms with Crippen LogP contribution in [-0.2, 0) is 0 Å². The van der Waals surface area contributed by atoms with E-state index in [0.29, 0.717) is 17.8 Å². The number of amides is 1. The zero-order valence-corrected chi connectivity index (χ0v) is 12.4. The summed E-state index contributed by atoms with van der Waals surface area (Å²) in [6, 6.07) is 12.0. The zero-order valence-electron chi connectivity index (χ0n) is 12.4. The van der Waals surface area contributed by atoms with Crippen molar-refractivity contribution in [1.82, 2.24) is 4.90 Å². The van der Waals surface area contributed by atoms with Gasteiger partial charge in [-0.05, 0) is 43.2 Å². The Kier molecular flexibility index (Phi) is 4.28. The number of hydrogen-bond donors (Lipinski definition) is 1. The van der Waals surface area contributed by atoms with Crippen molar-refractivity contribution in [2.24, 2.45) is 0 Å². The molecule has 0 aliphatic heterocycles. The van der Waals surface area contributed by atoms with Crippen LogP contribution in [0.5, 0.6) is 0 Å². The van der Waals surface area contributed by atoms with Crippen LogP contribution in [0.4, 0.5) is 5.69 Å². The van der Waals surface area contributed by atoms with Crippen LogP contribution in [0.15, 0.2) is 36.4 Å². The van der Waals surface area contributed by atoms with Crippen molar-refractivity contribution in [3.63, 3.8) is 0 Å². The molecule has 0 saturated heterocycles. The quantitative estimate of drug-likeness (QED) is 0.861. The average molecular weight is 270 g/mol. The van der Waals surface area contributed by atoms with E-state index >= 15 is 0 Å². The van der Waals surface area contributed by atoms with Gasteiger partial charge in [-0.3, -0.25) is 4.79 Å². The van der Waals surface area contributed by atoms with Crippen LogP contribution in [0.2, 0.25) is 0 Å². The Balaban J connectivity index is 2.45. The molecule has 0 aromatic heterocycles. The van der Waals surface area contributed by atoms with Gasteiger partial charge in [0.1, 0.15) is 0 Å². The summed E-state index contributed by atoms with van der Waals surface area (Å²) in [5, 5.41) is 2.11. The number of benzene rings is 2. The van der Waals surface area contributed by atoms with Gasteiger partial charge in [0.05, 0.1) is 5.56 Å². The normalized spacial score (nSPS) is 12.3. The molecule has 1 unspecified atom stereocenters. The minimum atomic E-state index is 0.0186. The summed E-state index contributed by atoms with van der Waals surface area (Å²) in [7, 11) is 0. The first kappa shape index (κ1) is 14.4. The molecule has 0 aliphatic rings. The van der Waals surface area contributed by atoms with E-state index in [1.54, 1.807) is 0 Å². The molecule has 2 N–H and O–H groups in total. The van der Waals surface area contributed by atoms with Crippen molar-refractivity contribution in [2.45, 2.75) is 33.2 Å². The van der Waals surface area contributed by atoms with E-state index in [0.717, 1.165) is 17.2 Å². The van der Waals surface area contributed by atoms with Crippen molar-refractivity contribution in [3.8, 4) is 0 Å². The summed E-state index contributed by atoms with van der Waals surface area (Å²) < 4.78 is 0. The minimum absolute atomic E-state index is 0.0186. The van der Waals surface area contributed by atoms with Gasteiger partial charge in [0, 0.05) is 18.3 Å². The number of anilines is 1. The molecule has 0 heterocycles. The van der Waals surface area contributed by atoms with Crippen molar-refractivity contribution in [1.29, 1.82) is 0 Å². The molecule has 106 valence electrons. The van der Waals surface area contributed by atoms with E-state index < -0.39 is 0 Å². The smallest absolute Gasteiger partial charge is 0.256 e. The zero-order chi connectivity index (χ0) is 14.7. The van der Waals surface area contributed by atoms with Crippen molar-refractivity contribution < 1.29 is 4.79 Å². The lowest BCUT2D eigenvalue weighted by atomic mass is 10.0. The first-order valence-electron chi connectivity index (χ1n) is 7.17. The molecular formula is C17H22N2O. The van der Waals surface area contributed by atoms with Crippen molar-refractivity contribution in [3.05, 3.63) is 42.0 Å². The van der Waals surface area contributed by atoms with E-state index in [4.69, 9.17) is 5.73 Å². The van der Waals surface area contributed by atoms with Gasteiger partial charge in [-0.25, -0.2) is 0 Å². The Labute approximate surface area is 120 Å². The fourth-order valence-corrected chi connectivity index (χ4v) is 2.47. The molecule has 20 heavy (non-hydrogen) atoms. The molecule has 0 bridgehead atoms. The number of rotatable bonds is 4. The highest BCUT2D eigenvalue weighted by molar-refractivity contribution is 6.04. The van der Waals surface area contributed by atoms with Gasteiger partial charge in [0.15, 0.2) is 0 Å². The number of carbonyl (C=O) groups excluding carboxylic acids is 1. The summed E-state index contributed by atoms with van der Waals surface area (Å²) in [5.41, 5.74) is 7.23. The third kappa shape index (κ3) is 2.62. The Morgan fingerprint density at radius 1 is 1.20 bits per heavy atom. The topological polar surface area (TPSA) is 46.3 Å². The standard InChI is InChI=1S/C17H22N2O/c1-4-12(3)19(5-2)17(20)15-10-13-8-6-7-9-14(13)11-16(15)18/h6-12H,4-5,18H2,1-3H3. The van der Waals surface area contributed by atoms with Crippen LogP contribution in [-0.4, -0.2) is 23.4 Å². The monoisotopic (exact) mass is 270 g/mol. The molecule has 1 amide bonds. The number of fused-ring (bicyclic) bond motifs is 1. The predicted octanol–water partition coefficient (Wildman–Crippen LogP) is 3.68. The van der Waals surface area contributed by atoms with E-state index in [9.17, 15) is 4.79 Å². The Bertz CT molecular complexity index is 621. The highest BCUT2D eigenvalue weighted by Crippen LogP contribution is 2.24. The molecule has 1 atom stereocenters. The summed E-state index contributed by atoms with van der Waals surface area (Å²) >= 11 is 0. The molecule has 2 rings (SSSR count). The highest BCUT2D eigenvalue weighted by Gasteiger charge is 2.21.